The van der Waals surface area contributed by atoms with Gasteiger partial charge in [0.15, 0.2) is 0 Å². The summed E-state index contributed by atoms with van der Waals surface area (Å²) in [7, 11) is -3.25. The molecule has 80 valence electrons. The number of hydrogen-bond donors (Lipinski definition) is 1. The van der Waals surface area contributed by atoms with Crippen molar-refractivity contribution in [2.75, 3.05) is 12.8 Å². The van der Waals surface area contributed by atoms with Gasteiger partial charge in [0.05, 0.1) is 6.61 Å². The Morgan fingerprint density at radius 1 is 1.15 bits per heavy atom. The second-order valence-corrected chi connectivity index (χ2v) is 5.24. The highest BCUT2D eigenvalue weighted by Crippen LogP contribution is 2.42. The maximum absolute atomic E-state index is 11.3. The van der Waals surface area contributed by atoms with Gasteiger partial charge in [-0.15, -0.1) is 0 Å². The lowest BCUT2D eigenvalue weighted by Gasteiger charge is -2.10. The van der Waals surface area contributed by atoms with Gasteiger partial charge in [-0.25, -0.2) is 0 Å². The molecule has 1 N–H and O–H groups in total. The van der Waals surface area contributed by atoms with Gasteiger partial charge in [-0.1, -0.05) is 33.1 Å². The smallest absolute Gasteiger partial charge is 0.324 e. The van der Waals surface area contributed by atoms with Gasteiger partial charge in [0.1, 0.15) is 0 Å². The van der Waals surface area contributed by atoms with E-state index in [4.69, 9.17) is 4.52 Å². The Balaban J connectivity index is 3.45. The normalized spacial score (nSPS) is 15.6. The van der Waals surface area contributed by atoms with E-state index in [-0.39, 0.29) is 0 Å². The number of unbranched alkanes of at least 4 members (excludes halogenated alkanes) is 3. The van der Waals surface area contributed by atoms with Crippen LogP contribution < -0.4 is 0 Å². The average Bonchev–Trinajstić information content (AvgIpc) is 2.09. The van der Waals surface area contributed by atoms with Crippen LogP contribution in [0.15, 0.2) is 0 Å². The van der Waals surface area contributed by atoms with Gasteiger partial charge >= 0.3 is 7.60 Å². The fourth-order valence-corrected chi connectivity index (χ4v) is 2.24. The largest absolute Gasteiger partial charge is 0.328 e. The van der Waals surface area contributed by atoms with Crippen molar-refractivity contribution in [2.45, 2.75) is 46.0 Å². The Hall–Kier alpha value is 0.150. The average molecular weight is 208 g/mol. The first-order chi connectivity index (χ1) is 6.12. The van der Waals surface area contributed by atoms with E-state index in [0.29, 0.717) is 12.8 Å². The van der Waals surface area contributed by atoms with Gasteiger partial charge < -0.3 is 9.42 Å². The summed E-state index contributed by atoms with van der Waals surface area (Å²) in [5.74, 6) is 0. The highest BCUT2D eigenvalue weighted by Gasteiger charge is 2.17. The van der Waals surface area contributed by atoms with E-state index < -0.39 is 7.60 Å². The summed E-state index contributed by atoms with van der Waals surface area (Å²) in [6, 6.07) is 0. The van der Waals surface area contributed by atoms with Gasteiger partial charge in [-0.3, -0.25) is 4.57 Å². The SMILES string of the molecule is CCCCCOP(=O)(O)CCCC. The summed E-state index contributed by atoms with van der Waals surface area (Å²) in [5, 5.41) is 0. The van der Waals surface area contributed by atoms with Crippen LogP contribution in [0.25, 0.3) is 0 Å². The van der Waals surface area contributed by atoms with Gasteiger partial charge in [0.2, 0.25) is 0 Å². The summed E-state index contributed by atoms with van der Waals surface area (Å²) in [6.45, 7) is 4.51. The van der Waals surface area contributed by atoms with E-state index in [2.05, 4.69) is 6.92 Å². The molecule has 0 saturated carbocycles. The summed E-state index contributed by atoms with van der Waals surface area (Å²) in [4.78, 5) is 9.28. The molecule has 0 heterocycles. The van der Waals surface area contributed by atoms with E-state index in [1.165, 1.54) is 0 Å². The molecule has 4 heteroatoms. The van der Waals surface area contributed by atoms with E-state index >= 15 is 0 Å². The van der Waals surface area contributed by atoms with Crippen molar-refractivity contribution in [3.8, 4) is 0 Å². The van der Waals surface area contributed by atoms with Crippen LogP contribution in [0.4, 0.5) is 0 Å². The van der Waals surface area contributed by atoms with E-state index in [1.807, 2.05) is 6.92 Å². The minimum atomic E-state index is -3.25. The summed E-state index contributed by atoms with van der Waals surface area (Å²) >= 11 is 0. The Bertz CT molecular complexity index is 159. The summed E-state index contributed by atoms with van der Waals surface area (Å²) in [5.41, 5.74) is 0. The molecule has 0 aliphatic heterocycles. The van der Waals surface area contributed by atoms with E-state index in [0.717, 1.165) is 32.1 Å². The van der Waals surface area contributed by atoms with Crippen molar-refractivity contribution >= 4 is 7.60 Å². The van der Waals surface area contributed by atoms with Gasteiger partial charge in [0.25, 0.3) is 0 Å². The molecule has 1 atom stereocenters. The van der Waals surface area contributed by atoms with Gasteiger partial charge in [-0.05, 0) is 12.8 Å². The first kappa shape index (κ1) is 13.2. The lowest BCUT2D eigenvalue weighted by molar-refractivity contribution is 0.253. The maximum atomic E-state index is 11.3. The van der Waals surface area contributed by atoms with Crippen molar-refractivity contribution in [3.63, 3.8) is 0 Å². The first-order valence-electron chi connectivity index (χ1n) is 5.08. The molecular formula is C9H21O3P. The van der Waals surface area contributed by atoms with Gasteiger partial charge in [0, 0.05) is 6.16 Å². The second-order valence-electron chi connectivity index (χ2n) is 3.25. The second kappa shape index (κ2) is 7.54. The third-order valence-corrected chi connectivity index (χ3v) is 3.30. The monoisotopic (exact) mass is 208 g/mol. The highest BCUT2D eigenvalue weighted by atomic mass is 31.2. The summed E-state index contributed by atoms with van der Waals surface area (Å²) < 4.78 is 16.2. The molecule has 0 aliphatic rings. The number of hydrogen-bond acceptors (Lipinski definition) is 2. The first-order valence-corrected chi connectivity index (χ1v) is 6.85. The Morgan fingerprint density at radius 2 is 1.77 bits per heavy atom. The standard InChI is InChI=1S/C9H21O3P/c1-3-5-7-8-12-13(10,11)9-6-4-2/h3-9H2,1-2H3,(H,10,11). The molecule has 0 aromatic rings. The van der Waals surface area contributed by atoms with Gasteiger partial charge in [-0.2, -0.15) is 0 Å². The third-order valence-electron chi connectivity index (χ3n) is 1.84. The van der Waals surface area contributed by atoms with Crippen LogP contribution >= 0.6 is 7.60 Å². The lowest BCUT2D eigenvalue weighted by atomic mass is 10.3. The van der Waals surface area contributed by atoms with Crippen molar-refractivity contribution in [1.82, 2.24) is 0 Å². The predicted molar refractivity (Wildman–Crippen MR) is 55.1 cm³/mol. The molecule has 0 saturated heterocycles. The van der Waals surface area contributed by atoms with Crippen LogP contribution in [0.1, 0.15) is 46.0 Å². The van der Waals surface area contributed by atoms with Crippen molar-refractivity contribution in [2.24, 2.45) is 0 Å². The van der Waals surface area contributed by atoms with Crippen LogP contribution in [0.5, 0.6) is 0 Å². The fourth-order valence-electron chi connectivity index (χ4n) is 0.982. The molecule has 0 amide bonds. The highest BCUT2D eigenvalue weighted by molar-refractivity contribution is 7.52. The van der Waals surface area contributed by atoms with Crippen LogP contribution in [0.3, 0.4) is 0 Å². The van der Waals surface area contributed by atoms with E-state index in [1.54, 1.807) is 0 Å². The van der Waals surface area contributed by atoms with Crippen LogP contribution in [0.2, 0.25) is 0 Å². The molecule has 3 nitrogen and oxygen atoms in total. The van der Waals surface area contributed by atoms with Crippen molar-refractivity contribution in [1.29, 1.82) is 0 Å². The maximum Gasteiger partial charge on any atom is 0.328 e. The molecule has 0 bridgehead atoms. The van der Waals surface area contributed by atoms with Crippen LogP contribution in [-0.2, 0) is 9.09 Å². The minimum absolute atomic E-state index is 0.301. The predicted octanol–water partition coefficient (Wildman–Crippen LogP) is 3.18. The van der Waals surface area contributed by atoms with Crippen LogP contribution in [0, 0.1) is 0 Å². The molecule has 13 heavy (non-hydrogen) atoms. The molecular weight excluding hydrogens is 187 g/mol. The van der Waals surface area contributed by atoms with Crippen LogP contribution in [-0.4, -0.2) is 17.7 Å². The molecule has 0 spiro atoms. The molecule has 0 radical (unpaired) electrons. The molecule has 0 aliphatic carbocycles. The zero-order valence-electron chi connectivity index (χ0n) is 8.66. The third kappa shape index (κ3) is 8.48. The molecule has 0 aromatic carbocycles. The van der Waals surface area contributed by atoms with E-state index in [9.17, 15) is 9.46 Å². The Morgan fingerprint density at radius 3 is 2.31 bits per heavy atom. The lowest BCUT2D eigenvalue weighted by Crippen LogP contribution is -1.96. The number of rotatable bonds is 8. The molecule has 0 fully saturated rings. The quantitative estimate of drug-likeness (QED) is 0.492. The summed E-state index contributed by atoms with van der Waals surface area (Å²) in [6.07, 6.45) is 5.05. The Kier molecular flexibility index (Phi) is 7.63. The molecule has 1 unspecified atom stereocenters. The zero-order chi connectivity index (χ0) is 10.2. The molecule has 0 rings (SSSR count). The fraction of sp³-hybridized carbons (Fsp3) is 1.00. The minimum Gasteiger partial charge on any atom is -0.324 e. The topological polar surface area (TPSA) is 46.5 Å². The zero-order valence-corrected chi connectivity index (χ0v) is 9.56. The Labute approximate surface area is 81.0 Å². The van der Waals surface area contributed by atoms with Crippen molar-refractivity contribution < 1.29 is 14.0 Å². The van der Waals surface area contributed by atoms with Crippen molar-refractivity contribution in [3.05, 3.63) is 0 Å². The molecule has 0 aromatic heterocycles.